The molecule has 1 nitrogen and oxygen atoms in total. The van der Waals surface area contributed by atoms with Crippen LogP contribution in [0.5, 0.6) is 0 Å². The second kappa shape index (κ2) is 12.2. The molecule has 2 saturated carbocycles. The number of ketones is 1. The Morgan fingerprint density at radius 2 is 0.913 bits per heavy atom. The van der Waals surface area contributed by atoms with Gasteiger partial charge in [-0.1, -0.05) is 191 Å². The van der Waals surface area contributed by atoms with Crippen LogP contribution in [0.1, 0.15) is 67.7 Å². The molecule has 0 aromatic heterocycles. The number of hydrogen-bond acceptors (Lipinski definition) is 1. The molecule has 2 aliphatic carbocycles. The fourth-order valence-corrected chi connectivity index (χ4v) is 22.0. The third-order valence-electron chi connectivity index (χ3n) is 12.3. The van der Waals surface area contributed by atoms with Gasteiger partial charge in [-0.15, -0.1) is 0 Å². The van der Waals surface area contributed by atoms with Crippen LogP contribution in [-0.4, -0.2) is 21.9 Å². The van der Waals surface area contributed by atoms with E-state index in [0.717, 1.165) is 25.3 Å². The van der Waals surface area contributed by atoms with Crippen LogP contribution in [0.25, 0.3) is 0 Å². The molecular formula is C43H54OSi2. The van der Waals surface area contributed by atoms with Gasteiger partial charge in [-0.25, -0.2) is 0 Å². The number of fused-ring (bicyclic) bond motifs is 2. The number of rotatable bonds is 8. The van der Waals surface area contributed by atoms with Crippen molar-refractivity contribution in [1.82, 2.24) is 0 Å². The molecule has 0 saturated heterocycles. The Hall–Kier alpha value is -3.02. The summed E-state index contributed by atoms with van der Waals surface area (Å²) in [6.07, 6.45) is 3.12. The van der Waals surface area contributed by atoms with E-state index >= 15 is 0 Å². The van der Waals surface area contributed by atoms with Gasteiger partial charge in [0.15, 0.2) is 0 Å². The summed E-state index contributed by atoms with van der Waals surface area (Å²) in [5.41, 5.74) is -0.227. The van der Waals surface area contributed by atoms with Gasteiger partial charge in [-0.05, 0) is 53.3 Å². The van der Waals surface area contributed by atoms with E-state index in [1.807, 2.05) is 0 Å². The number of hydrogen-bond donors (Lipinski definition) is 0. The van der Waals surface area contributed by atoms with Crippen molar-refractivity contribution in [2.45, 2.75) is 89.9 Å². The highest BCUT2D eigenvalue weighted by Crippen LogP contribution is 2.58. The van der Waals surface area contributed by atoms with Gasteiger partial charge in [0.05, 0.1) is 0 Å². The van der Waals surface area contributed by atoms with E-state index in [9.17, 15) is 4.79 Å². The van der Waals surface area contributed by atoms with Crippen LogP contribution in [0.2, 0.25) is 22.2 Å². The van der Waals surface area contributed by atoms with E-state index in [0.29, 0.717) is 17.6 Å². The number of benzene rings is 4. The Balaban J connectivity index is 1.41. The van der Waals surface area contributed by atoms with E-state index in [2.05, 4.69) is 170 Å². The molecule has 4 aromatic carbocycles. The summed E-state index contributed by atoms with van der Waals surface area (Å²) < 4.78 is 0. The predicted molar refractivity (Wildman–Crippen MR) is 202 cm³/mol. The molecule has 4 unspecified atom stereocenters. The smallest absolute Gasteiger partial charge is 0.142 e. The van der Waals surface area contributed by atoms with Crippen molar-refractivity contribution in [2.75, 3.05) is 0 Å². The predicted octanol–water partition coefficient (Wildman–Crippen LogP) is 8.73. The van der Waals surface area contributed by atoms with Crippen LogP contribution < -0.4 is 20.7 Å². The summed E-state index contributed by atoms with van der Waals surface area (Å²) in [6.45, 7) is 17.2. The molecule has 2 aliphatic rings. The van der Waals surface area contributed by atoms with Crippen molar-refractivity contribution in [3.8, 4) is 0 Å². The first-order valence-corrected chi connectivity index (χ1v) is 22.0. The minimum atomic E-state index is -2.28. The lowest BCUT2D eigenvalue weighted by Gasteiger charge is -2.48. The first-order chi connectivity index (χ1) is 21.8. The van der Waals surface area contributed by atoms with Crippen LogP contribution in [0.15, 0.2) is 121 Å². The molecule has 0 radical (unpaired) electrons. The van der Waals surface area contributed by atoms with E-state index < -0.39 is 16.1 Å². The summed E-state index contributed by atoms with van der Waals surface area (Å²) in [6, 6.07) is 48.0. The Morgan fingerprint density at radius 1 is 0.565 bits per heavy atom. The molecule has 4 aromatic rings. The van der Waals surface area contributed by atoms with E-state index in [1.54, 1.807) is 0 Å². The first kappa shape index (κ1) is 32.9. The zero-order chi connectivity index (χ0) is 32.8. The maximum Gasteiger partial charge on any atom is 0.142 e. The van der Waals surface area contributed by atoms with Crippen molar-refractivity contribution >= 4 is 42.7 Å². The molecule has 46 heavy (non-hydrogen) atoms. The van der Waals surface area contributed by atoms with Crippen molar-refractivity contribution in [3.63, 3.8) is 0 Å². The van der Waals surface area contributed by atoms with Gasteiger partial charge < -0.3 is 0 Å². The molecule has 3 heteroatoms. The Bertz CT molecular complexity index is 1540. The van der Waals surface area contributed by atoms with Gasteiger partial charge in [0.2, 0.25) is 0 Å². The van der Waals surface area contributed by atoms with Crippen LogP contribution in [0, 0.1) is 23.2 Å². The number of carbonyl (C=O) groups is 1. The zero-order valence-corrected chi connectivity index (χ0v) is 31.2. The number of carbonyl (C=O) groups excluding carboxylic acids is 1. The Kier molecular flexibility index (Phi) is 8.74. The molecule has 0 heterocycles. The minimum Gasteiger partial charge on any atom is -0.299 e. The lowest BCUT2D eigenvalue weighted by molar-refractivity contribution is -0.132. The van der Waals surface area contributed by atoms with Crippen LogP contribution in [0.4, 0.5) is 0 Å². The summed E-state index contributed by atoms with van der Waals surface area (Å²) in [4.78, 5) is 14.4. The molecule has 0 amide bonds. The lowest BCUT2D eigenvalue weighted by Crippen LogP contribution is -2.65. The number of Topliss-reactive ketones (excluding diaryl/α,β-unsaturated/α-hetero) is 1. The second-order valence-corrected chi connectivity index (χ2v) is 26.7. The normalized spacial score (nSPS) is 23.8. The van der Waals surface area contributed by atoms with Gasteiger partial charge in [0, 0.05) is 11.3 Å². The van der Waals surface area contributed by atoms with E-state index in [1.165, 1.54) is 26.8 Å². The highest BCUT2D eigenvalue weighted by molar-refractivity contribution is 7.05. The van der Waals surface area contributed by atoms with Gasteiger partial charge in [0.25, 0.3) is 0 Å². The molecule has 240 valence electrons. The van der Waals surface area contributed by atoms with Gasteiger partial charge >= 0.3 is 0 Å². The van der Waals surface area contributed by atoms with Gasteiger partial charge in [-0.3, -0.25) is 4.79 Å². The maximum absolute atomic E-state index is 14.4. The summed E-state index contributed by atoms with van der Waals surface area (Å²) in [5.74, 6) is 1.69. The van der Waals surface area contributed by atoms with Crippen LogP contribution in [-0.2, 0) is 4.79 Å². The fourth-order valence-electron chi connectivity index (χ4n) is 10.3. The highest BCUT2D eigenvalue weighted by Gasteiger charge is 2.60. The molecule has 0 aliphatic heterocycles. The molecule has 6 rings (SSSR count). The van der Waals surface area contributed by atoms with Gasteiger partial charge in [0.1, 0.15) is 21.9 Å². The molecule has 0 spiro atoms. The van der Waals surface area contributed by atoms with Crippen molar-refractivity contribution in [2.24, 2.45) is 23.2 Å². The molecule has 0 N–H and O–H groups in total. The van der Waals surface area contributed by atoms with Crippen LogP contribution in [0.3, 0.4) is 0 Å². The standard InChI is InChI=1S/C43H54OSi2/c1-41(2,3)45(35-20-12-8-13-21-35,36-22-14-9-15-23-36)31-33-28-39-34(30-43(7,29-33)40(39)44)32-46(42(4,5)6,37-24-16-10-17-25-37)38-26-18-11-19-27-38/h8-27,33-34,39H,28-32H2,1-7H3. The quantitative estimate of drug-likeness (QED) is 0.176. The monoisotopic (exact) mass is 642 g/mol. The Morgan fingerprint density at radius 3 is 1.26 bits per heavy atom. The molecule has 2 bridgehead atoms. The lowest BCUT2D eigenvalue weighted by atomic mass is 9.71. The third kappa shape index (κ3) is 5.52. The van der Waals surface area contributed by atoms with Crippen molar-refractivity contribution in [3.05, 3.63) is 121 Å². The first-order valence-electron chi connectivity index (χ1n) is 17.6. The highest BCUT2D eigenvalue weighted by atomic mass is 28.3. The SMILES string of the molecule is CC12CC(C[Si](c3ccccc3)(c3ccccc3)C(C)(C)C)CC(C1=O)C(C[Si](c1ccccc1)(c1ccccc1)C(C)(C)C)C2. The second-order valence-electron chi connectivity index (χ2n) is 17.0. The summed E-state index contributed by atoms with van der Waals surface area (Å²) in [7, 11) is -4.51. The zero-order valence-electron chi connectivity index (χ0n) is 29.2. The average molecular weight is 643 g/mol. The maximum atomic E-state index is 14.4. The average Bonchev–Trinajstić information content (AvgIpc) is 3.16. The topological polar surface area (TPSA) is 17.1 Å². The largest absolute Gasteiger partial charge is 0.299 e. The molecular weight excluding hydrogens is 589 g/mol. The van der Waals surface area contributed by atoms with E-state index in [-0.39, 0.29) is 21.4 Å². The summed E-state index contributed by atoms with van der Waals surface area (Å²) >= 11 is 0. The molecule has 4 atom stereocenters. The Labute approximate surface area is 280 Å². The van der Waals surface area contributed by atoms with Crippen molar-refractivity contribution < 1.29 is 4.79 Å². The van der Waals surface area contributed by atoms with Gasteiger partial charge in [-0.2, -0.15) is 0 Å². The molecule has 2 fully saturated rings. The van der Waals surface area contributed by atoms with Crippen LogP contribution >= 0.6 is 0 Å². The van der Waals surface area contributed by atoms with Crippen molar-refractivity contribution in [1.29, 1.82) is 0 Å². The minimum absolute atomic E-state index is 0.102. The summed E-state index contributed by atoms with van der Waals surface area (Å²) in [5, 5.41) is 6.32. The fraction of sp³-hybridized carbons (Fsp3) is 0.419. The van der Waals surface area contributed by atoms with E-state index in [4.69, 9.17) is 0 Å². The third-order valence-corrected chi connectivity index (χ3v) is 25.1.